The second-order valence-corrected chi connectivity index (χ2v) is 5.07. The van der Waals surface area contributed by atoms with Crippen molar-refractivity contribution in [3.8, 4) is 0 Å². The lowest BCUT2D eigenvalue weighted by atomic mass is 10.1. The number of hydrogen-bond donors (Lipinski definition) is 1. The van der Waals surface area contributed by atoms with Crippen LogP contribution in [-0.4, -0.2) is 42.8 Å². The molecule has 0 radical (unpaired) electrons. The van der Waals surface area contributed by atoms with Gasteiger partial charge in [0.2, 0.25) is 0 Å². The molecule has 0 aromatic carbocycles. The Morgan fingerprint density at radius 3 is 2.31 bits per heavy atom. The van der Waals surface area contributed by atoms with Crippen molar-refractivity contribution in [3.05, 3.63) is 0 Å². The normalized spacial score (nSPS) is 31.5. The van der Waals surface area contributed by atoms with Gasteiger partial charge in [0.15, 0.2) is 0 Å². The third kappa shape index (κ3) is 1.97. The molecule has 0 amide bonds. The van der Waals surface area contributed by atoms with Gasteiger partial charge < -0.3 is 5.11 Å². The van der Waals surface area contributed by atoms with Gasteiger partial charge >= 0.3 is 5.76 Å². The highest BCUT2D eigenvalue weighted by molar-refractivity contribution is 7.89. The van der Waals surface area contributed by atoms with Crippen molar-refractivity contribution in [1.82, 2.24) is 4.31 Å². The molecule has 4 nitrogen and oxygen atoms in total. The van der Waals surface area contributed by atoms with Gasteiger partial charge in [0.05, 0.1) is 6.10 Å². The first kappa shape index (κ1) is 10.8. The Bertz CT molecular complexity index is 270. The summed E-state index contributed by atoms with van der Waals surface area (Å²) in [6, 6.07) is 0. The average Bonchev–Trinajstić information content (AvgIpc) is 2.32. The second-order valence-electron chi connectivity index (χ2n) is 3.17. The second kappa shape index (κ2) is 3.47. The molecule has 0 aromatic rings. The molecule has 1 rings (SSSR count). The Balaban J connectivity index is 2.77. The zero-order valence-electron chi connectivity index (χ0n) is 7.02. The van der Waals surface area contributed by atoms with Gasteiger partial charge in [-0.2, -0.15) is 13.1 Å². The molecule has 0 saturated carbocycles. The monoisotopic (exact) mass is 215 g/mol. The van der Waals surface area contributed by atoms with E-state index in [0.29, 0.717) is 4.31 Å². The van der Waals surface area contributed by atoms with Crippen LogP contribution in [0.15, 0.2) is 0 Å². The van der Waals surface area contributed by atoms with E-state index >= 15 is 0 Å². The molecular formula is C6H11F2NO3S. The van der Waals surface area contributed by atoms with Gasteiger partial charge in [-0.15, -0.1) is 0 Å². The number of sulfonamides is 1. The van der Waals surface area contributed by atoms with Crippen molar-refractivity contribution >= 4 is 10.0 Å². The number of aliphatic hydroxyl groups excluding tert-OH is 1. The zero-order valence-corrected chi connectivity index (χ0v) is 7.84. The standard InChI is InChI=1S/C6H11F2NO3S/c1-4-2-9(3-5(4)10)13(11,12)6(7)8/h4-6,10H,2-3H2,1H3. The van der Waals surface area contributed by atoms with Crippen LogP contribution < -0.4 is 0 Å². The van der Waals surface area contributed by atoms with Crippen LogP contribution in [0.4, 0.5) is 8.78 Å². The van der Waals surface area contributed by atoms with Crippen molar-refractivity contribution < 1.29 is 22.3 Å². The molecule has 1 fully saturated rings. The molecule has 1 aliphatic rings. The van der Waals surface area contributed by atoms with Crippen LogP contribution in [0.5, 0.6) is 0 Å². The summed E-state index contributed by atoms with van der Waals surface area (Å²) in [5, 5.41) is 9.16. The highest BCUT2D eigenvalue weighted by Crippen LogP contribution is 2.22. The number of aliphatic hydroxyl groups is 1. The maximum Gasteiger partial charge on any atom is 0.350 e. The number of halogens is 2. The van der Waals surface area contributed by atoms with Gasteiger partial charge in [0.25, 0.3) is 10.0 Å². The predicted octanol–water partition coefficient (Wildman–Crippen LogP) is -0.149. The number of hydrogen-bond acceptors (Lipinski definition) is 3. The largest absolute Gasteiger partial charge is 0.391 e. The lowest BCUT2D eigenvalue weighted by Crippen LogP contribution is -2.34. The van der Waals surface area contributed by atoms with Gasteiger partial charge in [-0.3, -0.25) is 0 Å². The summed E-state index contributed by atoms with van der Waals surface area (Å²) in [6.45, 7) is 1.35. The molecule has 0 aliphatic carbocycles. The van der Waals surface area contributed by atoms with E-state index in [1.54, 1.807) is 6.92 Å². The highest BCUT2D eigenvalue weighted by atomic mass is 32.2. The molecule has 78 valence electrons. The summed E-state index contributed by atoms with van der Waals surface area (Å²) in [5.74, 6) is -3.68. The summed E-state index contributed by atoms with van der Waals surface area (Å²) in [7, 11) is -4.50. The van der Waals surface area contributed by atoms with Crippen molar-refractivity contribution in [2.45, 2.75) is 18.8 Å². The molecule has 0 bridgehead atoms. The number of rotatable bonds is 2. The highest BCUT2D eigenvalue weighted by Gasteiger charge is 2.39. The van der Waals surface area contributed by atoms with E-state index in [-0.39, 0.29) is 19.0 Å². The zero-order chi connectivity index (χ0) is 10.2. The minimum Gasteiger partial charge on any atom is -0.391 e. The van der Waals surface area contributed by atoms with Gasteiger partial charge in [0, 0.05) is 13.1 Å². The third-order valence-corrected chi connectivity index (χ3v) is 3.59. The van der Waals surface area contributed by atoms with Gasteiger partial charge in [0.1, 0.15) is 0 Å². The van der Waals surface area contributed by atoms with Crippen molar-refractivity contribution in [1.29, 1.82) is 0 Å². The summed E-state index contributed by atoms with van der Waals surface area (Å²) < 4.78 is 46.4. The van der Waals surface area contributed by atoms with Crippen molar-refractivity contribution in [3.63, 3.8) is 0 Å². The van der Waals surface area contributed by atoms with Crippen LogP contribution in [0.25, 0.3) is 0 Å². The first-order chi connectivity index (χ1) is 5.85. The first-order valence-corrected chi connectivity index (χ1v) is 5.31. The molecule has 7 heteroatoms. The van der Waals surface area contributed by atoms with Crippen molar-refractivity contribution in [2.24, 2.45) is 5.92 Å². The van der Waals surface area contributed by atoms with Crippen LogP contribution >= 0.6 is 0 Å². The van der Waals surface area contributed by atoms with Crippen LogP contribution in [0.1, 0.15) is 6.92 Å². The van der Waals surface area contributed by atoms with E-state index in [2.05, 4.69) is 0 Å². The Kier molecular flexibility index (Phi) is 2.88. The average molecular weight is 215 g/mol. The van der Waals surface area contributed by atoms with Crippen LogP contribution in [-0.2, 0) is 10.0 Å². The molecule has 2 unspecified atom stereocenters. The maximum atomic E-state index is 12.0. The van der Waals surface area contributed by atoms with E-state index in [1.807, 2.05) is 0 Å². The summed E-state index contributed by atoms with van der Waals surface area (Å²) >= 11 is 0. The molecule has 1 aliphatic heterocycles. The quantitative estimate of drug-likeness (QED) is 0.697. The summed E-state index contributed by atoms with van der Waals surface area (Å²) in [6.07, 6.45) is -0.839. The maximum absolute atomic E-state index is 12.0. The number of nitrogens with zero attached hydrogens (tertiary/aromatic N) is 1. The van der Waals surface area contributed by atoms with Crippen LogP contribution in [0.3, 0.4) is 0 Å². The van der Waals surface area contributed by atoms with Crippen molar-refractivity contribution in [2.75, 3.05) is 13.1 Å². The minimum absolute atomic E-state index is 0.0339. The molecule has 1 N–H and O–H groups in total. The molecule has 13 heavy (non-hydrogen) atoms. The smallest absolute Gasteiger partial charge is 0.350 e. The molecule has 1 heterocycles. The Morgan fingerprint density at radius 2 is 2.00 bits per heavy atom. The lowest BCUT2D eigenvalue weighted by Gasteiger charge is -2.14. The number of alkyl halides is 2. The SMILES string of the molecule is CC1CN(S(=O)(=O)C(F)F)CC1O. The Morgan fingerprint density at radius 1 is 1.46 bits per heavy atom. The fourth-order valence-corrected chi connectivity index (χ4v) is 2.26. The van der Waals surface area contributed by atoms with E-state index < -0.39 is 21.9 Å². The molecule has 0 spiro atoms. The van der Waals surface area contributed by atoms with Gasteiger partial charge in [-0.05, 0) is 5.92 Å². The molecule has 0 aromatic heterocycles. The van der Waals surface area contributed by atoms with E-state index in [1.165, 1.54) is 0 Å². The summed E-state index contributed by atoms with van der Waals surface area (Å²) in [5.41, 5.74) is 0. The fraction of sp³-hybridized carbons (Fsp3) is 1.00. The molecular weight excluding hydrogens is 204 g/mol. The Hall–Kier alpha value is -0.270. The van der Waals surface area contributed by atoms with Crippen LogP contribution in [0, 0.1) is 5.92 Å². The van der Waals surface area contributed by atoms with Gasteiger partial charge in [-0.25, -0.2) is 8.42 Å². The molecule has 1 saturated heterocycles. The van der Waals surface area contributed by atoms with Gasteiger partial charge in [-0.1, -0.05) is 6.92 Å². The van der Waals surface area contributed by atoms with Crippen LogP contribution in [0.2, 0.25) is 0 Å². The first-order valence-electron chi connectivity index (χ1n) is 3.81. The van der Waals surface area contributed by atoms with E-state index in [0.717, 1.165) is 0 Å². The summed E-state index contributed by atoms with van der Waals surface area (Å²) in [4.78, 5) is 0. The third-order valence-electron chi connectivity index (χ3n) is 2.12. The number of β-amino-alcohol motifs (C(OH)–C–C–N with tert-alkyl or cyclic N) is 1. The Labute approximate surface area is 75.2 Å². The lowest BCUT2D eigenvalue weighted by molar-refractivity contribution is 0.152. The predicted molar refractivity (Wildman–Crippen MR) is 41.7 cm³/mol. The topological polar surface area (TPSA) is 57.6 Å². The fourth-order valence-electron chi connectivity index (χ4n) is 1.23. The molecule has 2 atom stereocenters. The minimum atomic E-state index is -4.50. The van der Waals surface area contributed by atoms with E-state index in [9.17, 15) is 17.2 Å². The van der Waals surface area contributed by atoms with E-state index in [4.69, 9.17) is 5.11 Å².